The van der Waals surface area contributed by atoms with Crippen LogP contribution in [-0.2, 0) is 0 Å². The van der Waals surface area contributed by atoms with E-state index in [-0.39, 0.29) is 29.2 Å². The molecule has 2 rings (SSSR count). The largest absolute Gasteiger partial charge is 0.576 e. The normalized spacial score (nSPS) is 10.0. The predicted molar refractivity (Wildman–Crippen MR) is 74.6 cm³/mol. The molecule has 2 aromatic carbocycles. The van der Waals surface area contributed by atoms with Crippen LogP contribution in [0.1, 0.15) is 0 Å². The summed E-state index contributed by atoms with van der Waals surface area (Å²) < 4.78 is 10.6. The second-order valence-electron chi connectivity index (χ2n) is 3.64. The van der Waals surface area contributed by atoms with Gasteiger partial charge in [0.15, 0.2) is 0 Å². The van der Waals surface area contributed by atoms with Crippen molar-refractivity contribution in [3.63, 3.8) is 0 Å². The summed E-state index contributed by atoms with van der Waals surface area (Å²) in [5.41, 5.74) is 0. The highest BCUT2D eigenvalue weighted by atomic mass is 35.5. The maximum absolute atomic E-state index is 9.19. The lowest BCUT2D eigenvalue weighted by molar-refractivity contribution is 0.451. The topological polar surface area (TPSA) is 58.9 Å². The molecule has 7 heteroatoms. The maximum Gasteiger partial charge on any atom is 0.576 e. The number of aromatic hydroxyl groups is 2. The van der Waals surface area contributed by atoms with Crippen LogP contribution >= 0.6 is 23.2 Å². The SMILES string of the molecule is Oc1ccc(OBOc2ccc(O)cc2Cl)c(Cl)c1. The lowest BCUT2D eigenvalue weighted by Crippen LogP contribution is -2.11. The lowest BCUT2D eigenvalue weighted by Gasteiger charge is -2.10. The van der Waals surface area contributed by atoms with Crippen LogP contribution < -0.4 is 9.31 Å². The first kappa shape index (κ1) is 13.7. The highest BCUT2D eigenvalue weighted by Crippen LogP contribution is 2.29. The van der Waals surface area contributed by atoms with E-state index in [2.05, 4.69) is 0 Å². The lowest BCUT2D eigenvalue weighted by atomic mass is 10.2. The minimum Gasteiger partial charge on any atom is -0.527 e. The Labute approximate surface area is 120 Å². The number of phenols is 2. The number of halogens is 2. The van der Waals surface area contributed by atoms with Gasteiger partial charge < -0.3 is 19.5 Å². The molecule has 0 aliphatic rings. The fraction of sp³-hybridized carbons (Fsp3) is 0. The molecule has 0 saturated carbocycles. The van der Waals surface area contributed by atoms with Gasteiger partial charge in [-0.15, -0.1) is 0 Å². The smallest absolute Gasteiger partial charge is 0.527 e. The predicted octanol–water partition coefficient (Wildman–Crippen LogP) is 3.13. The van der Waals surface area contributed by atoms with Crippen molar-refractivity contribution < 1.29 is 19.5 Å². The molecule has 2 N–H and O–H groups in total. The van der Waals surface area contributed by atoms with E-state index in [1.807, 2.05) is 0 Å². The summed E-state index contributed by atoms with van der Waals surface area (Å²) in [5, 5.41) is 18.9. The molecular weight excluding hydrogens is 290 g/mol. The van der Waals surface area contributed by atoms with Crippen molar-refractivity contribution >= 4 is 30.9 Å². The minimum absolute atomic E-state index is 0.0554. The molecule has 98 valence electrons. The van der Waals surface area contributed by atoms with Gasteiger partial charge in [0.05, 0.1) is 10.0 Å². The molecule has 0 fully saturated rings. The molecule has 0 aliphatic heterocycles. The third-order valence-electron chi connectivity index (χ3n) is 2.26. The van der Waals surface area contributed by atoms with Crippen molar-refractivity contribution in [2.45, 2.75) is 0 Å². The standard InChI is InChI=1S/C12H9BCl2O4/c14-9-5-7(16)1-3-11(9)18-13-19-12-4-2-8(17)6-10(12)15/h1-6,13,16-17H. The van der Waals surface area contributed by atoms with Crippen LogP contribution in [0, 0.1) is 0 Å². The van der Waals surface area contributed by atoms with Gasteiger partial charge in [0.2, 0.25) is 0 Å². The van der Waals surface area contributed by atoms with Crippen LogP contribution in [0.15, 0.2) is 36.4 Å². The molecule has 0 heterocycles. The monoisotopic (exact) mass is 298 g/mol. The Bertz CT molecular complexity index is 540. The fourth-order valence-corrected chi connectivity index (χ4v) is 1.83. The van der Waals surface area contributed by atoms with Gasteiger partial charge in [0.1, 0.15) is 23.0 Å². The molecule has 0 unspecified atom stereocenters. The summed E-state index contributed by atoms with van der Waals surface area (Å²) in [6.07, 6.45) is 0. The van der Waals surface area contributed by atoms with Crippen LogP contribution in [0.25, 0.3) is 0 Å². The molecule has 0 radical (unpaired) electrons. The van der Waals surface area contributed by atoms with E-state index in [0.717, 1.165) is 0 Å². The number of benzene rings is 2. The Morgan fingerprint density at radius 3 is 1.58 bits per heavy atom. The summed E-state index contributed by atoms with van der Waals surface area (Å²) in [5.74, 6) is 0.878. The van der Waals surface area contributed by atoms with Crippen LogP contribution in [0.2, 0.25) is 10.0 Å². The van der Waals surface area contributed by atoms with Gasteiger partial charge in [-0.25, -0.2) is 0 Å². The minimum atomic E-state index is -0.102. The molecule has 0 bridgehead atoms. The zero-order valence-corrected chi connectivity index (χ0v) is 11.1. The second-order valence-corrected chi connectivity index (χ2v) is 4.45. The molecule has 0 saturated heterocycles. The average Bonchev–Trinajstić information content (AvgIpc) is 2.34. The number of rotatable bonds is 4. The Morgan fingerprint density at radius 2 is 1.21 bits per heavy atom. The Kier molecular flexibility index (Phi) is 4.29. The number of hydrogen-bond donors (Lipinski definition) is 2. The van der Waals surface area contributed by atoms with Gasteiger partial charge in [-0.2, -0.15) is 0 Å². The molecule has 19 heavy (non-hydrogen) atoms. The highest BCUT2D eigenvalue weighted by molar-refractivity contribution is 6.34. The van der Waals surface area contributed by atoms with Crippen LogP contribution in [0.4, 0.5) is 0 Å². The Morgan fingerprint density at radius 1 is 0.789 bits per heavy atom. The number of hydrogen-bond acceptors (Lipinski definition) is 4. The average molecular weight is 299 g/mol. The van der Waals surface area contributed by atoms with Crippen molar-refractivity contribution in [2.75, 3.05) is 0 Å². The van der Waals surface area contributed by atoms with Gasteiger partial charge in [-0.3, -0.25) is 0 Å². The zero-order valence-electron chi connectivity index (χ0n) is 9.64. The molecule has 0 amide bonds. The Hall–Kier alpha value is -1.72. The van der Waals surface area contributed by atoms with E-state index >= 15 is 0 Å². The Balaban J connectivity index is 1.96. The molecule has 0 aromatic heterocycles. The van der Waals surface area contributed by atoms with Gasteiger partial charge in [-0.05, 0) is 24.3 Å². The third-order valence-corrected chi connectivity index (χ3v) is 2.85. The second kappa shape index (κ2) is 5.95. The quantitative estimate of drug-likeness (QED) is 0.852. The molecule has 0 spiro atoms. The summed E-state index contributed by atoms with van der Waals surface area (Å²) in [6, 6.07) is 8.69. The van der Waals surface area contributed by atoms with Gasteiger partial charge in [0, 0.05) is 12.1 Å². The molecule has 2 aromatic rings. The van der Waals surface area contributed by atoms with E-state index in [1.54, 1.807) is 0 Å². The fourth-order valence-electron chi connectivity index (χ4n) is 1.37. The summed E-state index contributed by atoms with van der Waals surface area (Å²) in [6.45, 7) is 0. The summed E-state index contributed by atoms with van der Waals surface area (Å²) in [7, 11) is -0.102. The maximum atomic E-state index is 9.19. The van der Waals surface area contributed by atoms with Crippen molar-refractivity contribution in [2.24, 2.45) is 0 Å². The molecule has 4 nitrogen and oxygen atoms in total. The van der Waals surface area contributed by atoms with Gasteiger partial charge in [0.25, 0.3) is 0 Å². The van der Waals surface area contributed by atoms with Gasteiger partial charge in [-0.1, -0.05) is 23.2 Å². The molecular formula is C12H9BCl2O4. The van der Waals surface area contributed by atoms with E-state index in [0.29, 0.717) is 11.5 Å². The highest BCUT2D eigenvalue weighted by Gasteiger charge is 2.07. The van der Waals surface area contributed by atoms with E-state index in [1.165, 1.54) is 36.4 Å². The van der Waals surface area contributed by atoms with Gasteiger partial charge >= 0.3 is 7.69 Å². The zero-order chi connectivity index (χ0) is 13.8. The van der Waals surface area contributed by atoms with Crippen molar-refractivity contribution in [1.82, 2.24) is 0 Å². The third kappa shape index (κ3) is 3.62. The van der Waals surface area contributed by atoms with Crippen molar-refractivity contribution in [3.05, 3.63) is 46.4 Å². The van der Waals surface area contributed by atoms with Crippen LogP contribution in [0.5, 0.6) is 23.0 Å². The first-order chi connectivity index (χ1) is 9.06. The number of phenolic OH excluding ortho intramolecular Hbond substituents is 2. The summed E-state index contributed by atoms with van der Waals surface area (Å²) >= 11 is 11.7. The van der Waals surface area contributed by atoms with E-state index < -0.39 is 0 Å². The summed E-state index contributed by atoms with van der Waals surface area (Å²) in [4.78, 5) is 0. The van der Waals surface area contributed by atoms with Crippen molar-refractivity contribution in [3.8, 4) is 23.0 Å². The van der Waals surface area contributed by atoms with Crippen LogP contribution in [-0.4, -0.2) is 17.9 Å². The van der Waals surface area contributed by atoms with Crippen molar-refractivity contribution in [1.29, 1.82) is 0 Å². The van der Waals surface area contributed by atoms with E-state index in [9.17, 15) is 10.2 Å². The molecule has 0 aliphatic carbocycles. The van der Waals surface area contributed by atoms with E-state index in [4.69, 9.17) is 32.5 Å². The first-order valence-corrected chi connectivity index (χ1v) is 6.04. The van der Waals surface area contributed by atoms with Crippen LogP contribution in [0.3, 0.4) is 0 Å². The first-order valence-electron chi connectivity index (χ1n) is 5.29. The molecule has 0 atom stereocenters.